The molecule has 0 bridgehead atoms. The van der Waals surface area contributed by atoms with Crippen molar-refractivity contribution in [2.75, 3.05) is 5.32 Å². The quantitative estimate of drug-likeness (QED) is 0.367. The Morgan fingerprint density at radius 3 is 2.24 bits per heavy atom. The number of anilines is 1. The molecule has 164 valence electrons. The second-order valence-electron chi connectivity index (χ2n) is 8.38. The van der Waals surface area contributed by atoms with Crippen LogP contribution in [0.5, 0.6) is 0 Å². The summed E-state index contributed by atoms with van der Waals surface area (Å²) in [6.45, 7) is 5.73. The third-order valence-corrected chi connectivity index (χ3v) is 6.16. The molecule has 0 saturated carbocycles. The van der Waals surface area contributed by atoms with E-state index in [9.17, 15) is 4.79 Å². The van der Waals surface area contributed by atoms with Gasteiger partial charge in [-0.1, -0.05) is 60.7 Å². The molecule has 0 aliphatic carbocycles. The van der Waals surface area contributed by atoms with E-state index in [1.54, 1.807) is 6.20 Å². The van der Waals surface area contributed by atoms with Gasteiger partial charge in [0.15, 0.2) is 0 Å². The van der Waals surface area contributed by atoms with Crippen molar-refractivity contribution >= 4 is 22.5 Å². The first-order chi connectivity index (χ1) is 16.1. The summed E-state index contributed by atoms with van der Waals surface area (Å²) >= 11 is 0. The number of benzene rings is 3. The average molecular weight is 435 g/mol. The van der Waals surface area contributed by atoms with E-state index < -0.39 is 0 Å². The highest BCUT2D eigenvalue weighted by Crippen LogP contribution is 2.27. The Labute approximate surface area is 193 Å². The summed E-state index contributed by atoms with van der Waals surface area (Å²) in [5.41, 5.74) is 7.30. The van der Waals surface area contributed by atoms with Gasteiger partial charge in [0.05, 0.1) is 18.4 Å². The molecule has 0 atom stereocenters. The molecule has 0 fully saturated rings. The minimum atomic E-state index is -0.135. The number of nitrogens with one attached hydrogen (secondary N) is 1. The maximum absolute atomic E-state index is 13.0. The van der Waals surface area contributed by atoms with Crippen LogP contribution in [0.15, 0.2) is 91.3 Å². The lowest BCUT2D eigenvalue weighted by molar-refractivity contribution is 0.102. The third kappa shape index (κ3) is 4.30. The van der Waals surface area contributed by atoms with E-state index in [1.165, 1.54) is 16.8 Å². The summed E-state index contributed by atoms with van der Waals surface area (Å²) in [7, 11) is 0. The van der Waals surface area contributed by atoms with Crippen LogP contribution in [0.3, 0.4) is 0 Å². The van der Waals surface area contributed by atoms with E-state index in [4.69, 9.17) is 0 Å². The van der Waals surface area contributed by atoms with Crippen LogP contribution in [-0.4, -0.2) is 20.3 Å². The molecular formula is C28H26N4O. The first kappa shape index (κ1) is 20.8. The van der Waals surface area contributed by atoms with E-state index in [0.29, 0.717) is 17.8 Å². The predicted molar refractivity (Wildman–Crippen MR) is 133 cm³/mol. The van der Waals surface area contributed by atoms with Crippen LogP contribution < -0.4 is 5.32 Å². The lowest BCUT2D eigenvalue weighted by Crippen LogP contribution is -2.11. The third-order valence-electron chi connectivity index (χ3n) is 6.16. The first-order valence-corrected chi connectivity index (χ1v) is 11.1. The van der Waals surface area contributed by atoms with Gasteiger partial charge in [-0.15, -0.1) is 0 Å². The van der Waals surface area contributed by atoms with Gasteiger partial charge in [-0.05, 0) is 48.7 Å². The van der Waals surface area contributed by atoms with E-state index >= 15 is 0 Å². The van der Waals surface area contributed by atoms with Gasteiger partial charge in [0.1, 0.15) is 0 Å². The molecular weight excluding hydrogens is 408 g/mol. The topological polar surface area (TPSA) is 51.9 Å². The second-order valence-corrected chi connectivity index (χ2v) is 8.38. The summed E-state index contributed by atoms with van der Waals surface area (Å²) in [6.07, 6.45) is 3.54. The largest absolute Gasteiger partial charge is 0.340 e. The molecule has 5 rings (SSSR count). The van der Waals surface area contributed by atoms with E-state index in [1.807, 2.05) is 53.3 Å². The predicted octanol–water partition coefficient (Wildman–Crippen LogP) is 5.80. The molecule has 0 saturated heterocycles. The van der Waals surface area contributed by atoms with Crippen molar-refractivity contribution in [2.45, 2.75) is 26.9 Å². The molecule has 2 aromatic heterocycles. The summed E-state index contributed by atoms with van der Waals surface area (Å²) in [4.78, 5) is 13.0. The normalized spacial score (nSPS) is 11.1. The first-order valence-electron chi connectivity index (χ1n) is 11.1. The summed E-state index contributed by atoms with van der Waals surface area (Å²) in [5, 5.41) is 8.46. The van der Waals surface area contributed by atoms with Gasteiger partial charge in [-0.3, -0.25) is 9.48 Å². The van der Waals surface area contributed by atoms with Crippen molar-refractivity contribution in [3.63, 3.8) is 0 Å². The number of hydrogen-bond donors (Lipinski definition) is 1. The Morgan fingerprint density at radius 2 is 1.55 bits per heavy atom. The number of amides is 1. The fraction of sp³-hybridized carbons (Fsp3) is 0.143. The fourth-order valence-corrected chi connectivity index (χ4v) is 4.25. The second kappa shape index (κ2) is 8.79. The van der Waals surface area contributed by atoms with Crippen LogP contribution in [0.2, 0.25) is 0 Å². The maximum Gasteiger partial charge on any atom is 0.255 e. The Hall–Kier alpha value is -4.12. The summed E-state index contributed by atoms with van der Waals surface area (Å²) < 4.78 is 4.14. The highest BCUT2D eigenvalue weighted by molar-refractivity contribution is 6.06. The molecule has 5 aromatic rings. The molecule has 3 aromatic carbocycles. The molecule has 5 heteroatoms. The Kier molecular flexibility index (Phi) is 5.53. The van der Waals surface area contributed by atoms with Crippen molar-refractivity contribution in [1.29, 1.82) is 0 Å². The van der Waals surface area contributed by atoms with Crippen molar-refractivity contribution < 1.29 is 4.79 Å². The smallest absolute Gasteiger partial charge is 0.255 e. The molecule has 1 amide bonds. The van der Waals surface area contributed by atoms with Gasteiger partial charge < -0.3 is 9.88 Å². The van der Waals surface area contributed by atoms with Crippen molar-refractivity contribution in [3.8, 4) is 0 Å². The monoisotopic (exact) mass is 434 g/mol. The number of hydrogen-bond acceptors (Lipinski definition) is 2. The number of aromatic nitrogens is 3. The molecule has 0 unspecified atom stereocenters. The highest BCUT2D eigenvalue weighted by Gasteiger charge is 2.15. The number of fused-ring (bicyclic) bond motifs is 1. The van der Waals surface area contributed by atoms with Crippen LogP contribution in [0.1, 0.15) is 32.7 Å². The molecule has 33 heavy (non-hydrogen) atoms. The zero-order chi connectivity index (χ0) is 22.8. The summed E-state index contributed by atoms with van der Waals surface area (Å²) in [5.74, 6) is -0.135. The van der Waals surface area contributed by atoms with Crippen LogP contribution >= 0.6 is 0 Å². The van der Waals surface area contributed by atoms with Gasteiger partial charge in [0, 0.05) is 34.9 Å². The van der Waals surface area contributed by atoms with Crippen LogP contribution in [0.25, 0.3) is 10.9 Å². The van der Waals surface area contributed by atoms with Gasteiger partial charge >= 0.3 is 0 Å². The Bertz CT molecular complexity index is 1410. The molecule has 1 N–H and O–H groups in total. The van der Waals surface area contributed by atoms with Crippen molar-refractivity contribution in [3.05, 3.63) is 119 Å². The maximum atomic E-state index is 13.0. The van der Waals surface area contributed by atoms with Crippen molar-refractivity contribution in [1.82, 2.24) is 14.3 Å². The van der Waals surface area contributed by atoms with Crippen LogP contribution in [0, 0.1) is 13.8 Å². The zero-order valence-corrected chi connectivity index (χ0v) is 18.8. The lowest BCUT2D eigenvalue weighted by Gasteiger charge is -2.09. The Morgan fingerprint density at radius 1 is 0.879 bits per heavy atom. The number of carbonyl (C=O) groups excluding carboxylic acids is 1. The number of rotatable bonds is 6. The molecule has 0 spiro atoms. The summed E-state index contributed by atoms with van der Waals surface area (Å²) in [6, 6.07) is 26.5. The minimum absolute atomic E-state index is 0.135. The zero-order valence-electron chi connectivity index (χ0n) is 18.8. The standard InChI is InChI=1S/C28H26N4O/c1-20-21(2)32(18-23-11-7-4-8-12-23)27-14-13-24(15-26(20)27)28(33)30-25-16-29-31(19-25)17-22-9-5-3-6-10-22/h3-16,19H,17-18H2,1-2H3,(H,30,33). The van der Waals surface area contributed by atoms with Gasteiger partial charge in [0.25, 0.3) is 5.91 Å². The minimum Gasteiger partial charge on any atom is -0.340 e. The highest BCUT2D eigenvalue weighted by atomic mass is 16.1. The van der Waals surface area contributed by atoms with Gasteiger partial charge in [-0.2, -0.15) is 5.10 Å². The fourth-order valence-electron chi connectivity index (χ4n) is 4.25. The SMILES string of the molecule is Cc1c(C)n(Cc2ccccc2)c2ccc(C(=O)Nc3cnn(Cc4ccccc4)c3)cc12. The molecule has 5 nitrogen and oxygen atoms in total. The molecule has 0 aliphatic heterocycles. The Balaban J connectivity index is 1.36. The number of nitrogens with zero attached hydrogens (tertiary/aromatic N) is 3. The van der Waals surface area contributed by atoms with E-state index in [0.717, 1.165) is 23.0 Å². The van der Waals surface area contributed by atoms with Gasteiger partial charge in [-0.25, -0.2) is 0 Å². The number of carbonyl (C=O) groups is 1. The van der Waals surface area contributed by atoms with E-state index in [2.05, 4.69) is 65.2 Å². The van der Waals surface area contributed by atoms with E-state index in [-0.39, 0.29) is 5.91 Å². The lowest BCUT2D eigenvalue weighted by atomic mass is 10.1. The number of aryl methyl sites for hydroxylation is 1. The molecule has 0 aliphatic rings. The molecule has 2 heterocycles. The average Bonchev–Trinajstić information content (AvgIpc) is 3.37. The van der Waals surface area contributed by atoms with Gasteiger partial charge in [0.2, 0.25) is 0 Å². The van der Waals surface area contributed by atoms with Crippen LogP contribution in [0.4, 0.5) is 5.69 Å². The molecule has 0 radical (unpaired) electrons. The van der Waals surface area contributed by atoms with Crippen molar-refractivity contribution in [2.24, 2.45) is 0 Å². The van der Waals surface area contributed by atoms with Crippen LogP contribution in [-0.2, 0) is 13.1 Å².